The average molecular weight is 748 g/mol. The van der Waals surface area contributed by atoms with E-state index in [1.165, 1.54) is 69.4 Å². The second-order valence-electron chi connectivity index (χ2n) is 14.8. The fourth-order valence-corrected chi connectivity index (χ4v) is 12.2. The zero-order valence-corrected chi connectivity index (χ0v) is 31.5. The summed E-state index contributed by atoms with van der Waals surface area (Å²) in [5, 5.41) is 5.93. The molecule has 4 heterocycles. The fraction of sp³-hybridized carbons (Fsp3) is 0.0196. The Morgan fingerprint density at radius 3 is 1.93 bits per heavy atom. The van der Waals surface area contributed by atoms with Gasteiger partial charge in [-0.15, -0.1) is 11.3 Å². The Bertz CT molecular complexity index is 3430. The number of para-hydroxylation sites is 1. The largest absolute Gasteiger partial charge is 0.278 e. The smallest absolute Gasteiger partial charge is 0.235 e. The summed E-state index contributed by atoms with van der Waals surface area (Å²) in [7, 11) is 0. The molecule has 0 saturated carbocycles. The molecular weight excluding hydrogens is 719 g/mol. The van der Waals surface area contributed by atoms with Crippen LogP contribution in [0.15, 0.2) is 186 Å². The van der Waals surface area contributed by atoms with E-state index in [-0.39, 0.29) is 0 Å². The molecule has 13 rings (SSSR count). The van der Waals surface area contributed by atoms with Crippen molar-refractivity contribution in [2.45, 2.75) is 15.2 Å². The molecule has 56 heavy (non-hydrogen) atoms. The van der Waals surface area contributed by atoms with E-state index in [1.54, 1.807) is 11.3 Å². The molecule has 0 N–H and O–H groups in total. The number of fused-ring (bicyclic) bond motifs is 16. The average Bonchev–Trinajstić information content (AvgIpc) is 3.89. The SMILES string of the molecule is c1ccc2c(c1)Sc1cc3c4ccccc4n(-c4nc(-c5cccc6ccccc56)c5sc6ccccc6c5n4)c3cc1C21c2ccccc2-c2ccccc21. The van der Waals surface area contributed by atoms with Gasteiger partial charge in [0.05, 0.1) is 32.4 Å². The summed E-state index contributed by atoms with van der Waals surface area (Å²) in [5.74, 6) is 0.681. The standard InChI is InChI=1S/C51H29N3S2/c1-2-16-31-30(14-1)15-13-21-35(31)47-49-48(36-20-6-11-26-44(36)56-49)53-50(52-47)54-42-25-10-5-19-34(42)37-28-46-41(29-43(37)54)51(40-24-9-12-27-45(40)55-46)38-22-7-3-17-32(38)33-18-4-8-23-39(33)51/h1-29H. The van der Waals surface area contributed by atoms with E-state index in [0.717, 1.165) is 37.9 Å². The number of aromatic nitrogens is 3. The molecule has 260 valence electrons. The highest BCUT2D eigenvalue weighted by molar-refractivity contribution is 7.99. The fourth-order valence-electron chi connectivity index (χ4n) is 9.83. The van der Waals surface area contributed by atoms with Gasteiger partial charge in [0.25, 0.3) is 0 Å². The summed E-state index contributed by atoms with van der Waals surface area (Å²) >= 11 is 3.67. The Morgan fingerprint density at radius 1 is 0.446 bits per heavy atom. The first kappa shape index (κ1) is 30.8. The van der Waals surface area contributed by atoms with Gasteiger partial charge in [-0.1, -0.05) is 157 Å². The zero-order chi connectivity index (χ0) is 36.5. The van der Waals surface area contributed by atoms with E-state index in [9.17, 15) is 0 Å². The summed E-state index contributed by atoms with van der Waals surface area (Å²) in [5.41, 5.74) is 12.7. The van der Waals surface area contributed by atoms with Crippen molar-refractivity contribution < 1.29 is 0 Å². The van der Waals surface area contributed by atoms with Crippen molar-refractivity contribution in [3.63, 3.8) is 0 Å². The van der Waals surface area contributed by atoms with Gasteiger partial charge in [0, 0.05) is 36.2 Å². The minimum Gasteiger partial charge on any atom is -0.278 e. The van der Waals surface area contributed by atoms with E-state index in [0.29, 0.717) is 5.95 Å². The molecule has 3 aromatic heterocycles. The van der Waals surface area contributed by atoms with Crippen molar-refractivity contribution in [1.29, 1.82) is 0 Å². The quantitative estimate of drug-likeness (QED) is 0.176. The van der Waals surface area contributed by atoms with Gasteiger partial charge in [0.1, 0.15) is 0 Å². The van der Waals surface area contributed by atoms with Crippen molar-refractivity contribution in [2.24, 2.45) is 0 Å². The third-order valence-electron chi connectivity index (χ3n) is 12.1. The summed E-state index contributed by atoms with van der Waals surface area (Å²) < 4.78 is 4.65. The van der Waals surface area contributed by atoms with Crippen LogP contribution < -0.4 is 0 Å². The van der Waals surface area contributed by atoms with Crippen LogP contribution in [0.3, 0.4) is 0 Å². The topological polar surface area (TPSA) is 30.7 Å². The lowest BCUT2D eigenvalue weighted by molar-refractivity contribution is 0.723. The molecule has 0 atom stereocenters. The Morgan fingerprint density at radius 2 is 1.09 bits per heavy atom. The normalized spacial score (nSPS) is 13.8. The molecule has 0 saturated heterocycles. The van der Waals surface area contributed by atoms with Crippen LogP contribution in [0.5, 0.6) is 0 Å². The van der Waals surface area contributed by atoms with Crippen LogP contribution in [-0.4, -0.2) is 14.5 Å². The first-order valence-corrected chi connectivity index (χ1v) is 20.6. The lowest BCUT2D eigenvalue weighted by atomic mass is 9.67. The van der Waals surface area contributed by atoms with E-state index < -0.39 is 5.41 Å². The number of hydrogen-bond donors (Lipinski definition) is 0. The number of benzene rings is 8. The maximum Gasteiger partial charge on any atom is 0.235 e. The van der Waals surface area contributed by atoms with Gasteiger partial charge < -0.3 is 0 Å². The van der Waals surface area contributed by atoms with Gasteiger partial charge in [-0.25, -0.2) is 9.97 Å². The van der Waals surface area contributed by atoms with Crippen molar-refractivity contribution in [2.75, 3.05) is 0 Å². The number of thiophene rings is 1. The summed E-state index contributed by atoms with van der Waals surface area (Å²) in [4.78, 5) is 13.7. The molecule has 3 nitrogen and oxygen atoms in total. The van der Waals surface area contributed by atoms with E-state index in [2.05, 4.69) is 180 Å². The van der Waals surface area contributed by atoms with Crippen molar-refractivity contribution in [3.8, 4) is 28.3 Å². The zero-order valence-electron chi connectivity index (χ0n) is 29.9. The van der Waals surface area contributed by atoms with Crippen molar-refractivity contribution >= 4 is 76.0 Å². The molecule has 1 aliphatic heterocycles. The Hall–Kier alpha value is -6.53. The molecule has 0 fully saturated rings. The highest BCUT2D eigenvalue weighted by atomic mass is 32.2. The number of rotatable bonds is 2. The van der Waals surface area contributed by atoms with E-state index >= 15 is 0 Å². The monoisotopic (exact) mass is 747 g/mol. The van der Waals surface area contributed by atoms with Crippen molar-refractivity contribution in [1.82, 2.24) is 14.5 Å². The maximum atomic E-state index is 5.63. The molecule has 8 aromatic carbocycles. The number of nitrogens with zero attached hydrogens (tertiary/aromatic N) is 3. The maximum absolute atomic E-state index is 5.63. The highest BCUT2D eigenvalue weighted by Gasteiger charge is 2.50. The Labute approximate surface area is 330 Å². The van der Waals surface area contributed by atoms with Crippen LogP contribution in [0.4, 0.5) is 0 Å². The summed E-state index contributed by atoms with van der Waals surface area (Å²) in [6, 6.07) is 64.6. The molecule has 0 amide bonds. The van der Waals surface area contributed by atoms with Crippen LogP contribution in [0.1, 0.15) is 22.3 Å². The predicted molar refractivity (Wildman–Crippen MR) is 234 cm³/mol. The lowest BCUT2D eigenvalue weighted by Gasteiger charge is -2.39. The molecule has 11 aromatic rings. The molecule has 0 bridgehead atoms. The van der Waals surface area contributed by atoms with Crippen LogP contribution in [0, 0.1) is 0 Å². The van der Waals surface area contributed by atoms with Crippen LogP contribution in [0.2, 0.25) is 0 Å². The summed E-state index contributed by atoms with van der Waals surface area (Å²) in [6.45, 7) is 0. The second-order valence-corrected chi connectivity index (χ2v) is 17.0. The first-order chi connectivity index (χ1) is 27.8. The number of hydrogen-bond acceptors (Lipinski definition) is 4. The lowest BCUT2D eigenvalue weighted by Crippen LogP contribution is -2.32. The molecule has 0 radical (unpaired) electrons. The molecule has 2 aliphatic rings. The second kappa shape index (κ2) is 11.3. The van der Waals surface area contributed by atoms with E-state index in [1.807, 2.05) is 11.8 Å². The van der Waals surface area contributed by atoms with Gasteiger partial charge in [-0.3, -0.25) is 4.57 Å². The molecule has 1 spiro atoms. The van der Waals surface area contributed by atoms with Gasteiger partial charge in [0.15, 0.2) is 0 Å². The third kappa shape index (κ3) is 3.93. The van der Waals surface area contributed by atoms with E-state index in [4.69, 9.17) is 9.97 Å². The molecule has 0 unspecified atom stereocenters. The molecule has 1 aliphatic carbocycles. The minimum atomic E-state index is -0.484. The highest BCUT2D eigenvalue weighted by Crippen LogP contribution is 2.62. The Balaban J connectivity index is 1.18. The molecular formula is C51H29N3S2. The molecule has 5 heteroatoms. The van der Waals surface area contributed by atoms with Gasteiger partial charge in [0.2, 0.25) is 5.95 Å². The van der Waals surface area contributed by atoms with Crippen LogP contribution in [0.25, 0.3) is 81.2 Å². The Kier molecular flexibility index (Phi) is 6.19. The van der Waals surface area contributed by atoms with Gasteiger partial charge >= 0.3 is 0 Å². The first-order valence-electron chi connectivity index (χ1n) is 19.0. The van der Waals surface area contributed by atoms with Gasteiger partial charge in [-0.05, 0) is 74.5 Å². The van der Waals surface area contributed by atoms with Crippen LogP contribution in [-0.2, 0) is 5.41 Å². The van der Waals surface area contributed by atoms with Crippen molar-refractivity contribution in [3.05, 3.63) is 198 Å². The van der Waals surface area contributed by atoms with Gasteiger partial charge in [-0.2, -0.15) is 0 Å². The predicted octanol–water partition coefficient (Wildman–Crippen LogP) is 13.6. The summed E-state index contributed by atoms with van der Waals surface area (Å²) in [6.07, 6.45) is 0. The minimum absolute atomic E-state index is 0.484. The third-order valence-corrected chi connectivity index (χ3v) is 14.4. The van der Waals surface area contributed by atoms with Crippen LogP contribution >= 0.6 is 23.1 Å².